The molecule has 44 heavy (non-hydrogen) atoms. The monoisotopic (exact) mass is 619 g/mol. The van der Waals surface area contributed by atoms with Crippen molar-refractivity contribution in [3.63, 3.8) is 0 Å². The van der Waals surface area contributed by atoms with Crippen LogP contribution in [0.4, 0.5) is 23.1 Å². The number of carbonyl (C=O) groups is 1. The molecule has 0 radical (unpaired) electrons. The maximum absolute atomic E-state index is 13.1. The minimum absolute atomic E-state index is 0.0630. The van der Waals surface area contributed by atoms with Crippen LogP contribution >= 0.6 is 0 Å². The molecule has 0 unspecified atom stereocenters. The van der Waals surface area contributed by atoms with Gasteiger partial charge in [0.2, 0.25) is 11.9 Å². The number of hydrogen-bond donors (Lipinski definition) is 4. The lowest BCUT2D eigenvalue weighted by Gasteiger charge is -2.32. The van der Waals surface area contributed by atoms with Gasteiger partial charge in [-0.3, -0.25) is 9.69 Å². The van der Waals surface area contributed by atoms with Crippen LogP contribution in [0.3, 0.4) is 0 Å². The minimum atomic E-state index is -3.54. The Morgan fingerprint density at radius 1 is 1.07 bits per heavy atom. The zero-order valence-electron chi connectivity index (χ0n) is 25.8. The van der Waals surface area contributed by atoms with Crippen LogP contribution < -0.4 is 21.1 Å². The lowest BCUT2D eigenvalue weighted by Crippen LogP contribution is -2.39. The number of H-pyrrole nitrogens is 1. The third-order valence-electron chi connectivity index (χ3n) is 7.87. The maximum atomic E-state index is 13.1. The summed E-state index contributed by atoms with van der Waals surface area (Å²) in [6, 6.07) is 12.9. The van der Waals surface area contributed by atoms with Crippen LogP contribution in [0.15, 0.2) is 53.6 Å². The Hall–Kier alpha value is -4.16. The highest BCUT2D eigenvalue weighted by molar-refractivity contribution is 7.92. The van der Waals surface area contributed by atoms with Crippen LogP contribution in [-0.2, 0) is 14.6 Å². The van der Waals surface area contributed by atoms with Crippen molar-refractivity contribution in [2.45, 2.75) is 69.6 Å². The van der Waals surface area contributed by atoms with Crippen molar-refractivity contribution in [2.24, 2.45) is 5.73 Å². The Balaban J connectivity index is 1.47. The van der Waals surface area contributed by atoms with E-state index in [0.717, 1.165) is 42.6 Å². The number of fused-ring (bicyclic) bond motifs is 1. The number of aromatic amines is 1. The van der Waals surface area contributed by atoms with E-state index in [2.05, 4.69) is 39.6 Å². The maximum Gasteiger partial charge on any atom is 0.231 e. The van der Waals surface area contributed by atoms with E-state index in [0.29, 0.717) is 34.8 Å². The van der Waals surface area contributed by atoms with Gasteiger partial charge in [-0.1, -0.05) is 12.1 Å². The van der Waals surface area contributed by atoms with Gasteiger partial charge in [-0.05, 0) is 108 Å². The third-order valence-corrected chi connectivity index (χ3v) is 10.1. The number of nitrogens with zero attached hydrogens (tertiary/aromatic N) is 3. The summed E-state index contributed by atoms with van der Waals surface area (Å²) >= 11 is 0. The number of primary amides is 1. The summed E-state index contributed by atoms with van der Waals surface area (Å²) in [6.45, 7) is 11.3. The van der Waals surface area contributed by atoms with Gasteiger partial charge in [0.15, 0.2) is 9.84 Å². The van der Waals surface area contributed by atoms with Gasteiger partial charge in [-0.25, -0.2) is 8.42 Å². The number of amides is 1. The summed E-state index contributed by atoms with van der Waals surface area (Å²) in [6.07, 6.45) is 3.56. The SMILES string of the molecule is Cc1cc(Nc2nc(Nc3ccccc3S(=O)(=O)C(C)C)c3cc[nH]c3n2)c(OC(C)C)cc1C1CCN(CC(N)=O)CC1. The van der Waals surface area contributed by atoms with Crippen LogP contribution in [0.5, 0.6) is 5.75 Å². The fourth-order valence-electron chi connectivity index (χ4n) is 5.63. The largest absolute Gasteiger partial charge is 0.489 e. The number of carbonyl (C=O) groups excluding carboxylic acids is 1. The zero-order valence-corrected chi connectivity index (χ0v) is 26.7. The number of piperidine rings is 1. The molecule has 1 saturated heterocycles. The quantitative estimate of drug-likeness (QED) is 0.173. The topological polar surface area (TPSA) is 155 Å². The van der Waals surface area contributed by atoms with Crippen LogP contribution in [-0.4, -0.2) is 65.2 Å². The number of aromatic nitrogens is 3. The number of rotatable bonds is 11. The molecule has 0 atom stereocenters. The number of aryl methyl sites for hydroxylation is 1. The molecule has 3 heterocycles. The van der Waals surface area contributed by atoms with Gasteiger partial charge in [0.05, 0.1) is 39.6 Å². The van der Waals surface area contributed by atoms with E-state index in [-0.39, 0.29) is 23.5 Å². The normalized spacial score (nSPS) is 14.8. The van der Waals surface area contributed by atoms with Crippen LogP contribution in [0.25, 0.3) is 11.0 Å². The molecule has 1 aliphatic heterocycles. The number of nitrogens with one attached hydrogen (secondary N) is 3. The Bertz CT molecular complexity index is 1760. The highest BCUT2D eigenvalue weighted by Crippen LogP contribution is 2.38. The molecular weight excluding hydrogens is 578 g/mol. The third kappa shape index (κ3) is 6.81. The Morgan fingerprint density at radius 3 is 2.48 bits per heavy atom. The van der Waals surface area contributed by atoms with Crippen LogP contribution in [0.2, 0.25) is 0 Å². The molecule has 0 aliphatic carbocycles. The molecule has 2 aromatic carbocycles. The van der Waals surface area contributed by atoms with Crippen molar-refractivity contribution in [2.75, 3.05) is 30.3 Å². The van der Waals surface area contributed by atoms with Crippen molar-refractivity contribution in [1.82, 2.24) is 19.9 Å². The van der Waals surface area contributed by atoms with Crippen LogP contribution in [0.1, 0.15) is 57.6 Å². The van der Waals surface area contributed by atoms with Gasteiger partial charge >= 0.3 is 0 Å². The van der Waals surface area contributed by atoms with E-state index < -0.39 is 15.1 Å². The van der Waals surface area contributed by atoms with Crippen molar-refractivity contribution in [3.8, 4) is 5.75 Å². The number of sulfone groups is 1. The predicted molar refractivity (Wildman–Crippen MR) is 174 cm³/mol. The first kappa shape index (κ1) is 31.3. The predicted octanol–water partition coefficient (Wildman–Crippen LogP) is 5.39. The number of ether oxygens (including phenoxy) is 1. The Labute approximate surface area is 258 Å². The first-order valence-corrected chi connectivity index (χ1v) is 16.5. The van der Waals surface area contributed by atoms with E-state index in [1.165, 1.54) is 5.56 Å². The van der Waals surface area contributed by atoms with Crippen molar-refractivity contribution in [1.29, 1.82) is 0 Å². The van der Waals surface area contributed by atoms with E-state index in [1.807, 2.05) is 19.9 Å². The highest BCUT2D eigenvalue weighted by Gasteiger charge is 2.26. The summed E-state index contributed by atoms with van der Waals surface area (Å²) in [5.41, 5.74) is 9.50. The number of likely N-dealkylation sites (tertiary alicyclic amines) is 1. The summed E-state index contributed by atoms with van der Waals surface area (Å²) in [4.78, 5) is 26.3. The Kier molecular flexibility index (Phi) is 9.12. The Morgan fingerprint density at radius 2 is 1.80 bits per heavy atom. The van der Waals surface area contributed by atoms with Gasteiger partial charge in [0.25, 0.3) is 0 Å². The van der Waals surface area contributed by atoms with E-state index >= 15 is 0 Å². The second-order valence-corrected chi connectivity index (χ2v) is 14.3. The average molecular weight is 620 g/mol. The van der Waals surface area contributed by atoms with Gasteiger partial charge in [0, 0.05) is 6.20 Å². The van der Waals surface area contributed by atoms with Gasteiger partial charge in [0.1, 0.15) is 17.2 Å². The van der Waals surface area contributed by atoms with Gasteiger partial charge in [-0.2, -0.15) is 9.97 Å². The number of hydrogen-bond acceptors (Lipinski definition) is 9. The standard InChI is InChI=1S/C32H41N7O4S/c1-19(2)43-27-17-24(22-11-14-39(15-12-22)18-29(33)40)21(5)16-26(27)36-32-37-30-23(10-13-34-30)31(38-32)35-25-8-6-7-9-28(25)44(41,42)20(3)4/h6-10,13,16-17,19-20,22H,11-12,14-15,18H2,1-5H3,(H2,33,40)(H3,34,35,36,37,38). The lowest BCUT2D eigenvalue weighted by atomic mass is 9.86. The number of para-hydroxylation sites is 1. The summed E-state index contributed by atoms with van der Waals surface area (Å²) in [5, 5.41) is 6.77. The van der Waals surface area contributed by atoms with Crippen LogP contribution in [0, 0.1) is 6.92 Å². The average Bonchev–Trinajstić information content (AvgIpc) is 3.44. The molecule has 0 bridgehead atoms. The zero-order chi connectivity index (χ0) is 31.6. The van der Waals surface area contributed by atoms with Crippen molar-refractivity contribution in [3.05, 3.63) is 59.8 Å². The van der Waals surface area contributed by atoms with Gasteiger partial charge in [-0.15, -0.1) is 0 Å². The second-order valence-electron chi connectivity index (χ2n) is 11.9. The van der Waals surface area contributed by atoms with E-state index in [1.54, 1.807) is 44.3 Å². The first-order chi connectivity index (χ1) is 20.9. The molecule has 1 amide bonds. The molecule has 4 aromatic rings. The lowest BCUT2D eigenvalue weighted by molar-refractivity contribution is -0.119. The molecular formula is C32H41N7O4S. The number of nitrogens with two attached hydrogens (primary N) is 1. The fraction of sp³-hybridized carbons (Fsp3) is 0.406. The van der Waals surface area contributed by atoms with Crippen molar-refractivity contribution >= 4 is 49.9 Å². The van der Waals surface area contributed by atoms with Gasteiger partial charge < -0.3 is 26.1 Å². The molecule has 0 saturated carbocycles. The fourth-order valence-corrected chi connectivity index (χ4v) is 6.83. The molecule has 5 N–H and O–H groups in total. The van der Waals surface area contributed by atoms with Crippen molar-refractivity contribution < 1.29 is 17.9 Å². The number of benzene rings is 2. The molecule has 234 valence electrons. The minimum Gasteiger partial charge on any atom is -0.489 e. The summed E-state index contributed by atoms with van der Waals surface area (Å²) in [7, 11) is -3.54. The van der Waals surface area contributed by atoms with E-state index in [9.17, 15) is 13.2 Å². The highest BCUT2D eigenvalue weighted by atomic mass is 32.2. The molecule has 11 nitrogen and oxygen atoms in total. The number of anilines is 4. The summed E-state index contributed by atoms with van der Waals surface area (Å²) in [5.74, 6) is 1.52. The molecule has 1 aliphatic rings. The molecule has 2 aromatic heterocycles. The second kappa shape index (κ2) is 12.8. The molecule has 5 rings (SSSR count). The molecule has 12 heteroatoms. The molecule has 0 spiro atoms. The summed E-state index contributed by atoms with van der Waals surface area (Å²) < 4.78 is 32.5. The molecule has 1 fully saturated rings. The first-order valence-electron chi connectivity index (χ1n) is 15.0. The smallest absolute Gasteiger partial charge is 0.231 e. The van der Waals surface area contributed by atoms with E-state index in [4.69, 9.17) is 20.4 Å².